The highest BCUT2D eigenvalue weighted by Gasteiger charge is 2.34. The summed E-state index contributed by atoms with van der Waals surface area (Å²) in [4.78, 5) is 36.1. The van der Waals surface area contributed by atoms with E-state index in [0.29, 0.717) is 25.9 Å². The van der Waals surface area contributed by atoms with Gasteiger partial charge in [-0.3, -0.25) is 9.59 Å². The molecule has 1 aliphatic carbocycles. The normalized spacial score (nSPS) is 29.1. The first-order valence-electron chi connectivity index (χ1n) is 7.57. The molecule has 1 saturated heterocycles. The van der Waals surface area contributed by atoms with E-state index in [1.54, 1.807) is 0 Å². The second kappa shape index (κ2) is 6.78. The van der Waals surface area contributed by atoms with E-state index in [0.717, 1.165) is 25.7 Å². The van der Waals surface area contributed by atoms with Crippen molar-refractivity contribution in [3.8, 4) is 0 Å². The van der Waals surface area contributed by atoms with Crippen LogP contribution >= 0.6 is 0 Å². The molecule has 1 aliphatic heterocycles. The molecule has 0 aromatic heterocycles. The van der Waals surface area contributed by atoms with Crippen molar-refractivity contribution >= 4 is 17.9 Å². The van der Waals surface area contributed by atoms with Crippen molar-refractivity contribution in [1.82, 2.24) is 10.2 Å². The van der Waals surface area contributed by atoms with Crippen LogP contribution in [0.3, 0.4) is 0 Å². The Kier molecular flexibility index (Phi) is 5.03. The van der Waals surface area contributed by atoms with Crippen LogP contribution in [0.4, 0.5) is 4.79 Å². The molecule has 7 nitrogen and oxygen atoms in total. The van der Waals surface area contributed by atoms with Crippen molar-refractivity contribution in [2.45, 2.75) is 44.6 Å². The molecule has 1 saturated carbocycles. The number of carboxylic acids is 1. The lowest BCUT2D eigenvalue weighted by Crippen LogP contribution is -2.49. The largest absolute Gasteiger partial charge is 0.481 e. The van der Waals surface area contributed by atoms with Crippen LogP contribution < -0.4 is 11.1 Å². The molecule has 3 unspecified atom stereocenters. The predicted molar refractivity (Wildman–Crippen MR) is 75.4 cm³/mol. The Hall–Kier alpha value is -1.79. The SMILES string of the molecule is NC(=O)C1CCCN1C(=O)NCC1CCCCC1C(=O)O. The molecular formula is C14H23N3O4. The maximum absolute atomic E-state index is 12.1. The Labute approximate surface area is 123 Å². The molecule has 0 spiro atoms. The van der Waals surface area contributed by atoms with Crippen molar-refractivity contribution in [1.29, 1.82) is 0 Å². The average Bonchev–Trinajstić information content (AvgIpc) is 2.94. The molecular weight excluding hydrogens is 274 g/mol. The van der Waals surface area contributed by atoms with Crippen LogP contribution in [0, 0.1) is 11.8 Å². The highest BCUT2D eigenvalue weighted by atomic mass is 16.4. The number of carbonyl (C=O) groups is 3. The molecule has 0 aromatic rings. The summed E-state index contributed by atoms with van der Waals surface area (Å²) in [5, 5.41) is 12.0. The third-order valence-corrected chi connectivity index (χ3v) is 4.58. The van der Waals surface area contributed by atoms with Gasteiger partial charge >= 0.3 is 12.0 Å². The monoisotopic (exact) mass is 297 g/mol. The first-order valence-corrected chi connectivity index (χ1v) is 7.57. The lowest BCUT2D eigenvalue weighted by Gasteiger charge is -2.30. The molecule has 21 heavy (non-hydrogen) atoms. The van der Waals surface area contributed by atoms with E-state index in [2.05, 4.69) is 5.32 Å². The topological polar surface area (TPSA) is 113 Å². The van der Waals surface area contributed by atoms with Crippen LogP contribution in [0.25, 0.3) is 0 Å². The lowest BCUT2D eigenvalue weighted by molar-refractivity contribution is -0.144. The molecule has 3 atom stereocenters. The average molecular weight is 297 g/mol. The number of hydrogen-bond acceptors (Lipinski definition) is 3. The minimum Gasteiger partial charge on any atom is -0.481 e. The first kappa shape index (κ1) is 15.6. The zero-order valence-corrected chi connectivity index (χ0v) is 12.1. The second-order valence-corrected chi connectivity index (χ2v) is 5.93. The summed E-state index contributed by atoms with van der Waals surface area (Å²) in [7, 11) is 0. The molecule has 0 radical (unpaired) electrons. The maximum Gasteiger partial charge on any atom is 0.318 e. The quantitative estimate of drug-likeness (QED) is 0.702. The van der Waals surface area contributed by atoms with E-state index in [1.807, 2.05) is 0 Å². The number of nitrogens with two attached hydrogens (primary N) is 1. The molecule has 7 heteroatoms. The Balaban J connectivity index is 1.88. The smallest absolute Gasteiger partial charge is 0.318 e. The van der Waals surface area contributed by atoms with E-state index in [9.17, 15) is 19.5 Å². The van der Waals surface area contributed by atoms with Gasteiger partial charge in [-0.2, -0.15) is 0 Å². The number of likely N-dealkylation sites (tertiary alicyclic amines) is 1. The molecule has 0 aromatic carbocycles. The summed E-state index contributed by atoms with van der Waals surface area (Å²) in [5.41, 5.74) is 5.29. The van der Waals surface area contributed by atoms with E-state index in [-0.39, 0.29) is 17.9 Å². The van der Waals surface area contributed by atoms with Crippen LogP contribution in [0.5, 0.6) is 0 Å². The van der Waals surface area contributed by atoms with E-state index in [4.69, 9.17) is 5.73 Å². The molecule has 3 amide bonds. The van der Waals surface area contributed by atoms with Gasteiger partial charge in [0.05, 0.1) is 5.92 Å². The summed E-state index contributed by atoms with van der Waals surface area (Å²) in [5.74, 6) is -1.69. The standard InChI is InChI=1S/C14H23N3O4/c15-12(18)11-6-3-7-17(11)14(21)16-8-9-4-1-2-5-10(9)13(19)20/h9-11H,1-8H2,(H2,15,18)(H,16,21)(H,19,20). The van der Waals surface area contributed by atoms with Gasteiger partial charge in [0, 0.05) is 13.1 Å². The van der Waals surface area contributed by atoms with Crippen LogP contribution in [-0.2, 0) is 9.59 Å². The van der Waals surface area contributed by atoms with Gasteiger partial charge in [-0.1, -0.05) is 12.8 Å². The van der Waals surface area contributed by atoms with Gasteiger partial charge in [0.2, 0.25) is 5.91 Å². The Morgan fingerprint density at radius 1 is 1.14 bits per heavy atom. The van der Waals surface area contributed by atoms with E-state index in [1.165, 1.54) is 4.90 Å². The van der Waals surface area contributed by atoms with Crippen LogP contribution in [0.15, 0.2) is 0 Å². The van der Waals surface area contributed by atoms with Gasteiger partial charge in [-0.25, -0.2) is 4.79 Å². The number of rotatable bonds is 4. The van der Waals surface area contributed by atoms with Gasteiger partial charge < -0.3 is 21.1 Å². The van der Waals surface area contributed by atoms with Crippen molar-refractivity contribution in [3.63, 3.8) is 0 Å². The number of hydrogen-bond donors (Lipinski definition) is 3. The number of aliphatic carboxylic acids is 1. The van der Waals surface area contributed by atoms with Crippen molar-refractivity contribution in [2.75, 3.05) is 13.1 Å². The molecule has 4 N–H and O–H groups in total. The Morgan fingerprint density at radius 3 is 2.52 bits per heavy atom. The molecule has 2 rings (SSSR count). The number of carbonyl (C=O) groups excluding carboxylic acids is 2. The first-order chi connectivity index (χ1) is 10.0. The Bertz CT molecular complexity index is 426. The van der Waals surface area contributed by atoms with Crippen molar-refractivity contribution < 1.29 is 19.5 Å². The van der Waals surface area contributed by atoms with E-state index >= 15 is 0 Å². The van der Waals surface area contributed by atoms with Gasteiger partial charge in [0.1, 0.15) is 6.04 Å². The van der Waals surface area contributed by atoms with Gasteiger partial charge in [0.25, 0.3) is 0 Å². The van der Waals surface area contributed by atoms with Crippen LogP contribution in [-0.4, -0.2) is 47.0 Å². The summed E-state index contributed by atoms with van der Waals surface area (Å²) < 4.78 is 0. The number of nitrogens with zero attached hydrogens (tertiary/aromatic N) is 1. The lowest BCUT2D eigenvalue weighted by atomic mass is 9.79. The summed E-state index contributed by atoms with van der Waals surface area (Å²) in [6, 6.07) is -0.849. The molecule has 0 bridgehead atoms. The number of primary amides is 1. The molecule has 2 aliphatic rings. The molecule has 1 heterocycles. The maximum atomic E-state index is 12.1. The number of urea groups is 1. The third kappa shape index (κ3) is 3.65. The number of nitrogens with one attached hydrogen (secondary N) is 1. The van der Waals surface area contributed by atoms with E-state index < -0.39 is 17.9 Å². The zero-order chi connectivity index (χ0) is 15.4. The number of amides is 3. The van der Waals surface area contributed by atoms with Crippen molar-refractivity contribution in [2.24, 2.45) is 17.6 Å². The van der Waals surface area contributed by atoms with Gasteiger partial charge in [-0.05, 0) is 31.6 Å². The van der Waals surface area contributed by atoms with Gasteiger partial charge in [0.15, 0.2) is 0 Å². The highest BCUT2D eigenvalue weighted by molar-refractivity contribution is 5.86. The minimum absolute atomic E-state index is 0.0326. The highest BCUT2D eigenvalue weighted by Crippen LogP contribution is 2.29. The Morgan fingerprint density at radius 2 is 1.86 bits per heavy atom. The summed E-state index contributed by atoms with van der Waals surface area (Å²) in [6.45, 7) is 0.865. The predicted octanol–water partition coefficient (Wildman–Crippen LogP) is 0.537. The molecule has 118 valence electrons. The van der Waals surface area contributed by atoms with Crippen LogP contribution in [0.1, 0.15) is 38.5 Å². The second-order valence-electron chi connectivity index (χ2n) is 5.93. The van der Waals surface area contributed by atoms with Crippen LogP contribution in [0.2, 0.25) is 0 Å². The fourth-order valence-electron chi connectivity index (χ4n) is 3.40. The zero-order valence-electron chi connectivity index (χ0n) is 12.1. The third-order valence-electron chi connectivity index (χ3n) is 4.58. The minimum atomic E-state index is -0.787. The summed E-state index contributed by atoms with van der Waals surface area (Å²) in [6.07, 6.45) is 4.78. The van der Waals surface area contributed by atoms with Gasteiger partial charge in [-0.15, -0.1) is 0 Å². The number of carboxylic acid groups (broad SMARTS) is 1. The van der Waals surface area contributed by atoms with Crippen molar-refractivity contribution in [3.05, 3.63) is 0 Å². The fraction of sp³-hybridized carbons (Fsp3) is 0.786. The fourth-order valence-corrected chi connectivity index (χ4v) is 3.40. The molecule has 2 fully saturated rings. The summed E-state index contributed by atoms with van der Waals surface area (Å²) >= 11 is 0.